The van der Waals surface area contributed by atoms with E-state index < -0.39 is 10.0 Å². The van der Waals surface area contributed by atoms with Gasteiger partial charge in [-0.2, -0.15) is 0 Å². The van der Waals surface area contributed by atoms with Gasteiger partial charge in [0.05, 0.1) is 11.5 Å². The van der Waals surface area contributed by atoms with Crippen molar-refractivity contribution in [1.82, 2.24) is 10.0 Å². The van der Waals surface area contributed by atoms with Crippen LogP contribution in [0, 0.1) is 0 Å². The van der Waals surface area contributed by atoms with Crippen molar-refractivity contribution in [2.75, 3.05) is 18.5 Å². The first-order chi connectivity index (χ1) is 15.4. The topological polar surface area (TPSA) is 96.5 Å². The monoisotopic (exact) mass is 475 g/mol. The third-order valence-corrected chi connectivity index (χ3v) is 6.09. The summed E-state index contributed by atoms with van der Waals surface area (Å²) in [6.07, 6.45) is 6.00. The van der Waals surface area contributed by atoms with Gasteiger partial charge in [0.25, 0.3) is 5.91 Å². The van der Waals surface area contributed by atoms with Gasteiger partial charge >= 0.3 is 0 Å². The maximum Gasteiger partial charge on any atom is 0.257 e. The number of ether oxygens (including phenoxy) is 1. The lowest BCUT2D eigenvalue weighted by Crippen LogP contribution is -2.34. The van der Waals surface area contributed by atoms with E-state index in [1.165, 1.54) is 31.1 Å². The third kappa shape index (κ3) is 8.41. The van der Waals surface area contributed by atoms with E-state index in [-0.39, 0.29) is 22.5 Å². The Morgan fingerprint density at radius 2 is 1.75 bits per heavy atom. The highest BCUT2D eigenvalue weighted by Crippen LogP contribution is 2.15. The fourth-order valence-corrected chi connectivity index (χ4v) is 3.94. The summed E-state index contributed by atoms with van der Waals surface area (Å²) in [5.74, 6) is 0.362. The van der Waals surface area contributed by atoms with Crippen LogP contribution in [0.5, 0.6) is 5.75 Å². The average molecular weight is 476 g/mol. The van der Waals surface area contributed by atoms with Crippen LogP contribution in [0.15, 0.2) is 66.1 Å². The van der Waals surface area contributed by atoms with Crippen molar-refractivity contribution in [2.24, 2.45) is 0 Å². The number of carbonyl (C=O) groups is 1. The second-order valence-corrected chi connectivity index (χ2v) is 9.18. The maximum atomic E-state index is 12.4. The van der Waals surface area contributed by atoms with Gasteiger partial charge < -0.3 is 10.1 Å². The van der Waals surface area contributed by atoms with Crippen LogP contribution < -0.4 is 20.1 Å². The number of unbranched alkanes of at least 4 members (excludes halogenated alkanes) is 3. The summed E-state index contributed by atoms with van der Waals surface area (Å²) < 4.78 is 32.2. The van der Waals surface area contributed by atoms with E-state index in [1.54, 1.807) is 36.4 Å². The first-order valence-electron chi connectivity index (χ1n) is 10.4. The summed E-state index contributed by atoms with van der Waals surface area (Å²) in [6, 6.07) is 12.9. The molecule has 0 heterocycles. The Morgan fingerprint density at radius 3 is 2.38 bits per heavy atom. The summed E-state index contributed by atoms with van der Waals surface area (Å²) in [5.41, 5.74) is 0.993. The minimum Gasteiger partial charge on any atom is -0.494 e. The molecule has 0 atom stereocenters. The van der Waals surface area contributed by atoms with Crippen LogP contribution in [0.3, 0.4) is 0 Å². The van der Waals surface area contributed by atoms with Crippen molar-refractivity contribution in [3.8, 4) is 5.75 Å². The molecular formula is C23H29N3O4S2. The van der Waals surface area contributed by atoms with Crippen LogP contribution in [0.25, 0.3) is 0 Å². The number of anilines is 1. The molecule has 0 aliphatic rings. The Labute approximate surface area is 195 Å². The van der Waals surface area contributed by atoms with Gasteiger partial charge in [-0.25, -0.2) is 13.1 Å². The summed E-state index contributed by atoms with van der Waals surface area (Å²) in [5, 5.41) is 5.57. The molecule has 0 aliphatic heterocycles. The molecule has 0 aliphatic carbocycles. The van der Waals surface area contributed by atoms with Gasteiger partial charge in [0, 0.05) is 17.8 Å². The summed E-state index contributed by atoms with van der Waals surface area (Å²) in [4.78, 5) is 12.5. The molecule has 0 bridgehead atoms. The van der Waals surface area contributed by atoms with Gasteiger partial charge in [-0.15, -0.1) is 6.58 Å². The fourth-order valence-electron chi connectivity index (χ4n) is 2.73. The third-order valence-electron chi connectivity index (χ3n) is 4.45. The number of hydrogen-bond donors (Lipinski definition) is 3. The van der Waals surface area contributed by atoms with Crippen molar-refractivity contribution in [2.45, 2.75) is 37.5 Å². The quantitative estimate of drug-likeness (QED) is 0.241. The first kappa shape index (κ1) is 25.5. The molecule has 0 aromatic heterocycles. The molecule has 0 fully saturated rings. The minimum atomic E-state index is -3.60. The molecule has 0 saturated heterocycles. The lowest BCUT2D eigenvalue weighted by Gasteiger charge is -2.11. The lowest BCUT2D eigenvalue weighted by atomic mass is 10.2. The molecule has 0 unspecified atom stereocenters. The Hall–Kier alpha value is -2.75. The van der Waals surface area contributed by atoms with Crippen LogP contribution in [0.4, 0.5) is 5.69 Å². The highest BCUT2D eigenvalue weighted by molar-refractivity contribution is 7.89. The number of benzene rings is 2. The molecule has 32 heavy (non-hydrogen) atoms. The second-order valence-electron chi connectivity index (χ2n) is 7.01. The molecule has 9 heteroatoms. The number of thiocarbonyl (C=S) groups is 1. The molecule has 172 valence electrons. The number of sulfonamides is 1. The zero-order chi connectivity index (χ0) is 23.4. The number of carbonyl (C=O) groups excluding carboxylic acids is 1. The van der Waals surface area contributed by atoms with Gasteiger partial charge in [-0.3, -0.25) is 10.1 Å². The van der Waals surface area contributed by atoms with Gasteiger partial charge in [0.2, 0.25) is 10.0 Å². The standard InChI is InChI=1S/C23H29N3O4S2/c1-3-5-6-7-17-30-20-12-8-18(9-13-20)22(27)26-23(31)25-19-10-14-21(15-11-19)32(28,29)24-16-4-2/h4,8-15,24H,2-3,5-7,16-17H2,1H3,(H2,25,26,27,31). The van der Waals surface area contributed by atoms with E-state index >= 15 is 0 Å². The predicted molar refractivity (Wildman–Crippen MR) is 132 cm³/mol. The van der Waals surface area contributed by atoms with Crippen molar-refractivity contribution in [3.63, 3.8) is 0 Å². The molecule has 2 rings (SSSR count). The Balaban J connectivity index is 1.84. The van der Waals surface area contributed by atoms with E-state index in [9.17, 15) is 13.2 Å². The normalized spacial score (nSPS) is 10.9. The Kier molecular flexibility index (Phi) is 10.3. The van der Waals surface area contributed by atoms with Crippen molar-refractivity contribution in [1.29, 1.82) is 0 Å². The van der Waals surface area contributed by atoms with Crippen LogP contribution >= 0.6 is 12.2 Å². The van der Waals surface area contributed by atoms with E-state index in [4.69, 9.17) is 17.0 Å². The zero-order valence-corrected chi connectivity index (χ0v) is 19.7. The van der Waals surface area contributed by atoms with Gasteiger partial charge in [0.1, 0.15) is 5.75 Å². The molecule has 7 nitrogen and oxygen atoms in total. The SMILES string of the molecule is C=CCNS(=O)(=O)c1ccc(NC(=S)NC(=O)c2ccc(OCCCCCC)cc2)cc1. The van der Waals surface area contributed by atoms with Gasteiger partial charge in [0.15, 0.2) is 5.11 Å². The molecule has 2 aromatic carbocycles. The molecule has 0 radical (unpaired) electrons. The van der Waals surface area contributed by atoms with Crippen molar-refractivity contribution in [3.05, 3.63) is 66.7 Å². The number of rotatable bonds is 12. The maximum absolute atomic E-state index is 12.4. The van der Waals surface area contributed by atoms with Crippen molar-refractivity contribution >= 4 is 38.9 Å². The molecule has 0 saturated carbocycles. The first-order valence-corrected chi connectivity index (χ1v) is 12.3. The molecular weight excluding hydrogens is 446 g/mol. The van der Waals surface area contributed by atoms with Crippen LogP contribution in [0.2, 0.25) is 0 Å². The van der Waals surface area contributed by atoms with Gasteiger partial charge in [-0.05, 0) is 67.2 Å². The molecule has 1 amide bonds. The highest BCUT2D eigenvalue weighted by Gasteiger charge is 2.13. The Bertz CT molecular complexity index is 1000. The van der Waals surface area contributed by atoms with E-state index in [0.717, 1.165) is 18.6 Å². The largest absolute Gasteiger partial charge is 0.494 e. The number of hydrogen-bond acceptors (Lipinski definition) is 5. The Morgan fingerprint density at radius 1 is 1.06 bits per heavy atom. The smallest absolute Gasteiger partial charge is 0.257 e. The van der Waals surface area contributed by atoms with E-state index in [1.807, 2.05) is 0 Å². The number of amides is 1. The molecule has 0 spiro atoms. The lowest BCUT2D eigenvalue weighted by molar-refractivity contribution is 0.0977. The molecule has 3 N–H and O–H groups in total. The zero-order valence-electron chi connectivity index (χ0n) is 18.1. The van der Waals surface area contributed by atoms with Crippen LogP contribution in [0.1, 0.15) is 43.0 Å². The summed E-state index contributed by atoms with van der Waals surface area (Å²) in [6.45, 7) is 6.45. The van der Waals surface area contributed by atoms with Crippen molar-refractivity contribution < 1.29 is 17.9 Å². The second kappa shape index (κ2) is 12.9. The molecule has 2 aromatic rings. The van der Waals surface area contributed by atoms with Gasteiger partial charge in [-0.1, -0.05) is 32.3 Å². The van der Waals surface area contributed by atoms with Crippen LogP contribution in [-0.2, 0) is 10.0 Å². The highest BCUT2D eigenvalue weighted by atomic mass is 32.2. The van der Waals surface area contributed by atoms with E-state index in [2.05, 4.69) is 28.9 Å². The summed E-state index contributed by atoms with van der Waals surface area (Å²) in [7, 11) is -3.60. The average Bonchev–Trinajstić information content (AvgIpc) is 2.78. The number of nitrogens with one attached hydrogen (secondary N) is 3. The fraction of sp³-hybridized carbons (Fsp3) is 0.304. The predicted octanol–water partition coefficient (Wildman–Crippen LogP) is 4.24. The van der Waals surface area contributed by atoms with Crippen LogP contribution in [-0.4, -0.2) is 32.6 Å². The minimum absolute atomic E-state index is 0.103. The summed E-state index contributed by atoms with van der Waals surface area (Å²) >= 11 is 5.18. The van der Waals surface area contributed by atoms with E-state index in [0.29, 0.717) is 17.9 Å².